The third-order valence-corrected chi connectivity index (χ3v) is 2.02. The number of aliphatic hydroxyl groups is 1. The Bertz CT molecular complexity index is 337. The number of para-hydroxylation sites is 1. The first-order chi connectivity index (χ1) is 7.15. The van der Waals surface area contributed by atoms with Crippen molar-refractivity contribution in [2.24, 2.45) is 0 Å². The summed E-state index contributed by atoms with van der Waals surface area (Å²) < 4.78 is 0. The molecule has 0 bridgehead atoms. The molecule has 1 aromatic rings. The third kappa shape index (κ3) is 3.34. The SMILES string of the molecule is CNCC(=O)Nc1ccccc1C(C)O. The molecule has 0 fully saturated rings. The molecule has 4 nitrogen and oxygen atoms in total. The van der Waals surface area contributed by atoms with Crippen LogP contribution in [0.3, 0.4) is 0 Å². The molecule has 4 heteroatoms. The molecule has 0 aliphatic heterocycles. The van der Waals surface area contributed by atoms with Crippen LogP contribution in [0.4, 0.5) is 5.69 Å². The van der Waals surface area contributed by atoms with Crippen molar-refractivity contribution in [3.8, 4) is 0 Å². The number of carbonyl (C=O) groups is 1. The largest absolute Gasteiger partial charge is 0.389 e. The summed E-state index contributed by atoms with van der Waals surface area (Å²) in [5.41, 5.74) is 1.38. The highest BCUT2D eigenvalue weighted by molar-refractivity contribution is 5.93. The fourth-order valence-corrected chi connectivity index (χ4v) is 1.33. The van der Waals surface area contributed by atoms with E-state index in [4.69, 9.17) is 0 Å². The minimum Gasteiger partial charge on any atom is -0.389 e. The second-order valence-corrected chi connectivity index (χ2v) is 3.34. The Kier molecular flexibility index (Phi) is 4.27. The number of nitrogens with one attached hydrogen (secondary N) is 2. The molecule has 0 heterocycles. The summed E-state index contributed by atoms with van der Waals surface area (Å²) in [5, 5.41) is 15.0. The molecule has 1 aromatic carbocycles. The van der Waals surface area contributed by atoms with E-state index in [1.807, 2.05) is 12.1 Å². The number of benzene rings is 1. The van der Waals surface area contributed by atoms with E-state index in [0.29, 0.717) is 5.69 Å². The predicted octanol–water partition coefficient (Wildman–Crippen LogP) is 0.898. The Hall–Kier alpha value is -1.39. The average Bonchev–Trinajstić information content (AvgIpc) is 2.18. The molecule has 0 aromatic heterocycles. The summed E-state index contributed by atoms with van der Waals surface area (Å²) in [4.78, 5) is 11.3. The lowest BCUT2D eigenvalue weighted by atomic mass is 10.1. The Morgan fingerprint density at radius 2 is 2.13 bits per heavy atom. The number of anilines is 1. The highest BCUT2D eigenvalue weighted by Crippen LogP contribution is 2.21. The molecule has 0 spiro atoms. The number of rotatable bonds is 4. The Balaban J connectivity index is 2.80. The summed E-state index contributed by atoms with van der Waals surface area (Å²) in [6.45, 7) is 1.93. The molecular weight excluding hydrogens is 192 g/mol. The summed E-state index contributed by atoms with van der Waals surface area (Å²) in [7, 11) is 1.71. The van der Waals surface area contributed by atoms with E-state index in [-0.39, 0.29) is 12.5 Å². The fourth-order valence-electron chi connectivity index (χ4n) is 1.33. The zero-order chi connectivity index (χ0) is 11.3. The molecule has 3 N–H and O–H groups in total. The number of hydrogen-bond acceptors (Lipinski definition) is 3. The van der Waals surface area contributed by atoms with Gasteiger partial charge >= 0.3 is 0 Å². The summed E-state index contributed by atoms with van der Waals surface area (Å²) in [6, 6.07) is 7.21. The summed E-state index contributed by atoms with van der Waals surface area (Å²) in [6.07, 6.45) is -0.587. The van der Waals surface area contributed by atoms with Crippen molar-refractivity contribution in [1.82, 2.24) is 5.32 Å². The maximum atomic E-state index is 11.3. The molecule has 0 aliphatic rings. The van der Waals surface area contributed by atoms with Crippen molar-refractivity contribution in [1.29, 1.82) is 0 Å². The minimum absolute atomic E-state index is 0.120. The summed E-state index contributed by atoms with van der Waals surface area (Å²) in [5.74, 6) is -0.120. The number of hydrogen-bond donors (Lipinski definition) is 3. The van der Waals surface area contributed by atoms with E-state index in [2.05, 4.69) is 10.6 Å². The van der Waals surface area contributed by atoms with Crippen molar-refractivity contribution in [2.45, 2.75) is 13.0 Å². The standard InChI is InChI=1S/C11H16N2O2/c1-8(14)9-5-3-4-6-10(9)13-11(15)7-12-2/h3-6,8,12,14H,7H2,1-2H3,(H,13,15). The van der Waals surface area contributed by atoms with Gasteiger partial charge in [0, 0.05) is 11.3 Å². The molecule has 0 saturated carbocycles. The van der Waals surface area contributed by atoms with E-state index in [1.54, 1.807) is 26.1 Å². The van der Waals surface area contributed by atoms with Gasteiger partial charge in [-0.1, -0.05) is 18.2 Å². The predicted molar refractivity (Wildman–Crippen MR) is 59.6 cm³/mol. The van der Waals surface area contributed by atoms with Gasteiger partial charge in [-0.25, -0.2) is 0 Å². The van der Waals surface area contributed by atoms with Gasteiger partial charge in [-0.05, 0) is 20.0 Å². The van der Waals surface area contributed by atoms with Gasteiger partial charge in [0.1, 0.15) is 0 Å². The monoisotopic (exact) mass is 208 g/mol. The number of carbonyl (C=O) groups excluding carboxylic acids is 1. The molecule has 0 saturated heterocycles. The van der Waals surface area contributed by atoms with E-state index >= 15 is 0 Å². The van der Waals surface area contributed by atoms with Crippen molar-refractivity contribution in [3.05, 3.63) is 29.8 Å². The minimum atomic E-state index is -0.587. The fraction of sp³-hybridized carbons (Fsp3) is 0.364. The van der Waals surface area contributed by atoms with Crippen LogP contribution in [0.1, 0.15) is 18.6 Å². The molecule has 1 amide bonds. The van der Waals surface area contributed by atoms with Gasteiger partial charge in [0.15, 0.2) is 0 Å². The van der Waals surface area contributed by atoms with E-state index in [9.17, 15) is 9.90 Å². The number of amides is 1. The quantitative estimate of drug-likeness (QED) is 0.689. The Morgan fingerprint density at radius 1 is 1.47 bits per heavy atom. The third-order valence-electron chi connectivity index (χ3n) is 2.02. The smallest absolute Gasteiger partial charge is 0.238 e. The first kappa shape index (κ1) is 11.7. The summed E-state index contributed by atoms with van der Waals surface area (Å²) >= 11 is 0. The molecule has 1 atom stereocenters. The highest BCUT2D eigenvalue weighted by Gasteiger charge is 2.08. The molecule has 82 valence electrons. The molecular formula is C11H16N2O2. The van der Waals surface area contributed by atoms with Crippen LogP contribution < -0.4 is 10.6 Å². The second kappa shape index (κ2) is 5.48. The van der Waals surface area contributed by atoms with Crippen LogP contribution in [0.2, 0.25) is 0 Å². The average molecular weight is 208 g/mol. The maximum Gasteiger partial charge on any atom is 0.238 e. The lowest BCUT2D eigenvalue weighted by Crippen LogP contribution is -2.25. The maximum absolute atomic E-state index is 11.3. The van der Waals surface area contributed by atoms with Crippen LogP contribution in [0.15, 0.2) is 24.3 Å². The highest BCUT2D eigenvalue weighted by atomic mass is 16.3. The van der Waals surface area contributed by atoms with Crippen LogP contribution in [-0.4, -0.2) is 24.6 Å². The van der Waals surface area contributed by atoms with Crippen LogP contribution in [-0.2, 0) is 4.79 Å². The zero-order valence-corrected chi connectivity index (χ0v) is 8.95. The van der Waals surface area contributed by atoms with Crippen molar-refractivity contribution in [2.75, 3.05) is 18.9 Å². The first-order valence-corrected chi connectivity index (χ1v) is 4.86. The molecule has 1 unspecified atom stereocenters. The van der Waals surface area contributed by atoms with Gasteiger partial charge in [0.2, 0.25) is 5.91 Å². The molecule has 1 rings (SSSR count). The van der Waals surface area contributed by atoms with Crippen molar-refractivity contribution < 1.29 is 9.90 Å². The van der Waals surface area contributed by atoms with Gasteiger partial charge in [0.05, 0.1) is 12.6 Å². The van der Waals surface area contributed by atoms with Crippen LogP contribution in [0.25, 0.3) is 0 Å². The van der Waals surface area contributed by atoms with Gasteiger partial charge in [-0.15, -0.1) is 0 Å². The topological polar surface area (TPSA) is 61.4 Å². The zero-order valence-electron chi connectivity index (χ0n) is 8.95. The lowest BCUT2D eigenvalue weighted by Gasteiger charge is -2.12. The van der Waals surface area contributed by atoms with E-state index in [1.165, 1.54) is 0 Å². The van der Waals surface area contributed by atoms with Crippen LogP contribution in [0.5, 0.6) is 0 Å². The Morgan fingerprint density at radius 3 is 2.73 bits per heavy atom. The molecule has 0 aliphatic carbocycles. The van der Waals surface area contributed by atoms with Gasteiger partial charge in [0.25, 0.3) is 0 Å². The Labute approximate surface area is 89.3 Å². The molecule has 15 heavy (non-hydrogen) atoms. The number of aliphatic hydroxyl groups excluding tert-OH is 1. The number of likely N-dealkylation sites (N-methyl/N-ethyl adjacent to an activating group) is 1. The van der Waals surface area contributed by atoms with Crippen molar-refractivity contribution >= 4 is 11.6 Å². The van der Waals surface area contributed by atoms with Crippen molar-refractivity contribution in [3.63, 3.8) is 0 Å². The normalized spacial score (nSPS) is 12.2. The van der Waals surface area contributed by atoms with Gasteiger partial charge < -0.3 is 15.7 Å². The van der Waals surface area contributed by atoms with Crippen LogP contribution in [0, 0.1) is 0 Å². The van der Waals surface area contributed by atoms with E-state index in [0.717, 1.165) is 5.56 Å². The molecule has 0 radical (unpaired) electrons. The lowest BCUT2D eigenvalue weighted by molar-refractivity contribution is -0.115. The van der Waals surface area contributed by atoms with Gasteiger partial charge in [-0.3, -0.25) is 4.79 Å². The van der Waals surface area contributed by atoms with Crippen LogP contribution >= 0.6 is 0 Å². The first-order valence-electron chi connectivity index (χ1n) is 4.86. The second-order valence-electron chi connectivity index (χ2n) is 3.34. The van der Waals surface area contributed by atoms with E-state index < -0.39 is 6.10 Å². The van der Waals surface area contributed by atoms with Gasteiger partial charge in [-0.2, -0.15) is 0 Å².